The molecule has 0 radical (unpaired) electrons. The number of aliphatic imine (C=N–C) groups is 1. The van der Waals surface area contributed by atoms with Crippen LogP contribution in [0.1, 0.15) is 47.8 Å². The minimum Gasteiger partial charge on any atom is -0.659 e. The van der Waals surface area contributed by atoms with Crippen LogP contribution >= 0.6 is 0 Å². The van der Waals surface area contributed by atoms with Crippen LogP contribution in [0, 0.1) is 0 Å². The highest BCUT2D eigenvalue weighted by molar-refractivity contribution is 6.21. The molecule has 0 saturated heterocycles. The fourth-order valence-electron chi connectivity index (χ4n) is 11.6. The molecule has 14 rings (SSSR count). The summed E-state index contributed by atoms with van der Waals surface area (Å²) < 4.78 is 4.80. The van der Waals surface area contributed by atoms with Crippen LogP contribution in [0.15, 0.2) is 223 Å². The monoisotopic (exact) mass is 855 g/mol. The van der Waals surface area contributed by atoms with E-state index in [1.807, 2.05) is 0 Å². The molecule has 2 aromatic heterocycles. The lowest BCUT2D eigenvalue weighted by Gasteiger charge is -2.41. The Kier molecular flexibility index (Phi) is 8.06. The Morgan fingerprint density at radius 1 is 0.418 bits per heavy atom. The lowest BCUT2D eigenvalue weighted by atomic mass is 9.79. The largest absolute Gasteiger partial charge is 0.659 e. The first kappa shape index (κ1) is 37.9. The van der Waals surface area contributed by atoms with Gasteiger partial charge in [-0.1, -0.05) is 172 Å². The van der Waals surface area contributed by atoms with E-state index in [4.69, 9.17) is 10.3 Å². The number of rotatable bonds is 5. The van der Waals surface area contributed by atoms with Crippen molar-refractivity contribution in [2.45, 2.75) is 25.4 Å². The third kappa shape index (κ3) is 5.57. The van der Waals surface area contributed by atoms with Crippen molar-refractivity contribution < 1.29 is 0 Å². The van der Waals surface area contributed by atoms with Gasteiger partial charge in [-0.2, -0.15) is 0 Å². The molecule has 0 spiro atoms. The van der Waals surface area contributed by atoms with E-state index in [9.17, 15) is 0 Å². The van der Waals surface area contributed by atoms with E-state index in [-0.39, 0.29) is 5.41 Å². The molecule has 2 aliphatic rings. The molecule has 10 aromatic carbocycles. The predicted molar refractivity (Wildman–Crippen MR) is 280 cm³/mol. The molecule has 67 heavy (non-hydrogen) atoms. The van der Waals surface area contributed by atoms with Crippen molar-refractivity contribution >= 4 is 65.8 Å². The molecule has 1 unspecified atom stereocenters. The maximum atomic E-state index is 5.67. The fourth-order valence-corrected chi connectivity index (χ4v) is 11.6. The highest BCUT2D eigenvalue weighted by Gasteiger charge is 2.38. The summed E-state index contributed by atoms with van der Waals surface area (Å²) in [6.45, 7) is 4.70. The number of hydrogen-bond donors (Lipinski definition) is 0. The Bertz CT molecular complexity index is 4050. The van der Waals surface area contributed by atoms with Crippen LogP contribution in [0.4, 0.5) is 5.69 Å². The number of aromatic nitrogens is 2. The summed E-state index contributed by atoms with van der Waals surface area (Å²) in [6.07, 6.45) is -0.415. The number of fused-ring (bicyclic) bond motifs is 12. The summed E-state index contributed by atoms with van der Waals surface area (Å²) in [6, 6.07) is 79.7. The lowest BCUT2D eigenvalue weighted by molar-refractivity contribution is 0.644. The Hall–Kier alpha value is -8.47. The zero-order valence-electron chi connectivity index (χ0n) is 37.2. The summed E-state index contributed by atoms with van der Waals surface area (Å²) in [7, 11) is 0. The van der Waals surface area contributed by atoms with Crippen molar-refractivity contribution in [2.75, 3.05) is 0 Å². The van der Waals surface area contributed by atoms with E-state index in [0.29, 0.717) is 0 Å². The molecular weight excluding hydrogens is 813 g/mol. The topological polar surface area (TPSA) is 36.3 Å². The predicted octanol–water partition coefficient (Wildman–Crippen LogP) is 16.6. The van der Waals surface area contributed by atoms with Gasteiger partial charge in [0.2, 0.25) is 0 Å². The molecule has 0 amide bonds. The van der Waals surface area contributed by atoms with Crippen molar-refractivity contribution in [3.05, 3.63) is 252 Å². The molecule has 1 aliphatic heterocycles. The quantitative estimate of drug-likeness (QED) is 0.165. The zero-order valence-corrected chi connectivity index (χ0v) is 37.2. The van der Waals surface area contributed by atoms with E-state index in [1.54, 1.807) is 0 Å². The van der Waals surface area contributed by atoms with Crippen LogP contribution in [0.5, 0.6) is 0 Å². The molecule has 1 atom stereocenters. The summed E-state index contributed by atoms with van der Waals surface area (Å²) in [5.74, 6) is 0. The minimum absolute atomic E-state index is 0.196. The molecule has 0 fully saturated rings. The SMILES string of the molecule is CC1(C)c2ccccc2-c2cccc(C3N=C(c4cccc(-n5c6ccccc6c6cc(-c7ccc8c(c7)c7ccccc7n8-c7ccccc7)ccc65)c4)c4ccc5ccccc5c4[N-]3)c21. The van der Waals surface area contributed by atoms with E-state index < -0.39 is 6.17 Å². The van der Waals surface area contributed by atoms with Crippen LogP contribution in [-0.4, -0.2) is 14.8 Å². The van der Waals surface area contributed by atoms with Crippen LogP contribution in [0.2, 0.25) is 0 Å². The lowest BCUT2D eigenvalue weighted by Crippen LogP contribution is -2.20. The number of nitrogens with zero attached hydrogens (tertiary/aromatic N) is 4. The van der Waals surface area contributed by atoms with Gasteiger partial charge in [-0.15, -0.1) is 5.69 Å². The van der Waals surface area contributed by atoms with Crippen LogP contribution in [0.3, 0.4) is 0 Å². The molecule has 12 aromatic rings. The first-order chi connectivity index (χ1) is 33.0. The Morgan fingerprint density at radius 3 is 1.75 bits per heavy atom. The second-order valence-corrected chi connectivity index (χ2v) is 18.7. The van der Waals surface area contributed by atoms with E-state index in [1.165, 1.54) is 76.9 Å². The molecule has 4 nitrogen and oxygen atoms in total. The molecule has 0 N–H and O–H groups in total. The van der Waals surface area contributed by atoms with Crippen molar-refractivity contribution in [1.82, 2.24) is 9.13 Å². The third-order valence-electron chi connectivity index (χ3n) is 14.6. The number of para-hydroxylation sites is 3. The van der Waals surface area contributed by atoms with E-state index >= 15 is 0 Å². The van der Waals surface area contributed by atoms with Gasteiger partial charge < -0.3 is 14.5 Å². The van der Waals surface area contributed by atoms with E-state index in [0.717, 1.165) is 50.4 Å². The van der Waals surface area contributed by atoms with Gasteiger partial charge in [-0.05, 0) is 116 Å². The second kappa shape index (κ2) is 14.3. The molecule has 4 heteroatoms. The highest BCUT2D eigenvalue weighted by atomic mass is 15.1. The molecule has 3 heterocycles. The molecule has 0 saturated carbocycles. The molecule has 316 valence electrons. The normalized spacial score (nSPS) is 14.9. The van der Waals surface area contributed by atoms with Gasteiger partial charge in [-0.3, -0.25) is 4.99 Å². The van der Waals surface area contributed by atoms with Gasteiger partial charge in [0.05, 0.1) is 27.8 Å². The smallest absolute Gasteiger partial charge is 0.0696 e. The Balaban J connectivity index is 0.916. The van der Waals surface area contributed by atoms with Crippen molar-refractivity contribution in [2.24, 2.45) is 4.99 Å². The molecule has 1 aliphatic carbocycles. The van der Waals surface area contributed by atoms with Crippen molar-refractivity contribution in [3.63, 3.8) is 0 Å². The van der Waals surface area contributed by atoms with Gasteiger partial charge in [-0.25, -0.2) is 0 Å². The van der Waals surface area contributed by atoms with Crippen molar-refractivity contribution in [3.8, 4) is 33.6 Å². The van der Waals surface area contributed by atoms with Gasteiger partial charge in [0, 0.05) is 50.1 Å². The molecule has 0 bridgehead atoms. The van der Waals surface area contributed by atoms with Crippen molar-refractivity contribution in [1.29, 1.82) is 0 Å². The maximum Gasteiger partial charge on any atom is 0.0696 e. The molecular formula is C63H43N4-. The van der Waals surface area contributed by atoms with E-state index in [2.05, 4.69) is 241 Å². The Labute approximate surface area is 388 Å². The average molecular weight is 856 g/mol. The average Bonchev–Trinajstić information content (AvgIpc) is 3.98. The summed E-state index contributed by atoms with van der Waals surface area (Å²) in [5.41, 5.74) is 19.7. The van der Waals surface area contributed by atoms with Gasteiger partial charge >= 0.3 is 0 Å². The van der Waals surface area contributed by atoms with Gasteiger partial charge in [0.15, 0.2) is 0 Å². The Morgan fingerprint density at radius 2 is 1.00 bits per heavy atom. The van der Waals surface area contributed by atoms with Crippen LogP contribution < -0.4 is 0 Å². The first-order valence-electron chi connectivity index (χ1n) is 23.3. The number of benzene rings is 10. The third-order valence-corrected chi connectivity index (χ3v) is 14.6. The van der Waals surface area contributed by atoms with Gasteiger partial charge in [0.25, 0.3) is 0 Å². The summed E-state index contributed by atoms with van der Waals surface area (Å²) >= 11 is 0. The van der Waals surface area contributed by atoms with Crippen LogP contribution in [-0.2, 0) is 5.41 Å². The fraction of sp³-hybridized carbons (Fsp3) is 0.0635. The zero-order chi connectivity index (χ0) is 44.4. The number of hydrogen-bond acceptors (Lipinski definition) is 1. The highest BCUT2D eigenvalue weighted by Crippen LogP contribution is 2.54. The van der Waals surface area contributed by atoms with Crippen LogP contribution in [0.25, 0.3) is 93.3 Å². The first-order valence-corrected chi connectivity index (χ1v) is 23.3. The van der Waals surface area contributed by atoms with Gasteiger partial charge in [0.1, 0.15) is 0 Å². The standard InChI is InChI=1S/C63H43N4/c1-63(2)54-27-11-8-22-46(54)49-25-15-26-50(59(49)63)62-64-60(51-33-30-39-16-6-7-21-45(39)61(51)65-62)42-17-14-20-44(36-42)67-56-29-13-10-24-48(56)53-38-41(32-35-58(53)67)40-31-34-57-52(37-40)47-23-9-12-28-55(47)66(57)43-18-4-3-5-19-43/h3-38,62H,1-2H3/q-1. The second-order valence-electron chi connectivity index (χ2n) is 18.7. The summed E-state index contributed by atoms with van der Waals surface area (Å²) in [4.78, 5) is 5.67. The summed E-state index contributed by atoms with van der Waals surface area (Å²) in [5, 5.41) is 12.8. The minimum atomic E-state index is -0.415. The maximum absolute atomic E-state index is 5.67.